The van der Waals surface area contributed by atoms with Crippen molar-refractivity contribution in [3.05, 3.63) is 28.8 Å². The van der Waals surface area contributed by atoms with Crippen LogP contribution in [-0.2, 0) is 4.74 Å². The maximum atomic E-state index is 5.89. The molecule has 1 rings (SSSR count). The van der Waals surface area contributed by atoms with Gasteiger partial charge in [-0.3, -0.25) is 0 Å². The summed E-state index contributed by atoms with van der Waals surface area (Å²) in [4.78, 5) is 0.297. The molecular formula is C12H16ClNO2S. The fourth-order valence-electron chi connectivity index (χ4n) is 1.28. The van der Waals surface area contributed by atoms with Crippen LogP contribution in [0.2, 0.25) is 5.02 Å². The van der Waals surface area contributed by atoms with Crippen molar-refractivity contribution in [2.75, 3.05) is 19.8 Å². The van der Waals surface area contributed by atoms with Gasteiger partial charge < -0.3 is 15.2 Å². The van der Waals surface area contributed by atoms with Crippen LogP contribution in [0.3, 0.4) is 0 Å². The molecule has 0 bridgehead atoms. The second-order valence-corrected chi connectivity index (χ2v) is 4.34. The normalized spacial score (nSPS) is 10.2. The number of hydrogen-bond donors (Lipinski definition) is 1. The summed E-state index contributed by atoms with van der Waals surface area (Å²) in [6.45, 7) is 3.79. The smallest absolute Gasteiger partial charge is 0.131 e. The highest BCUT2D eigenvalue weighted by Crippen LogP contribution is 2.23. The second kappa shape index (κ2) is 7.48. The molecule has 0 aliphatic carbocycles. The minimum absolute atomic E-state index is 0.297. The third-order valence-corrected chi connectivity index (χ3v) is 2.50. The summed E-state index contributed by atoms with van der Waals surface area (Å²) in [5, 5.41) is 0.592. The van der Waals surface area contributed by atoms with E-state index in [2.05, 4.69) is 6.92 Å². The molecule has 94 valence electrons. The van der Waals surface area contributed by atoms with Gasteiger partial charge in [0.1, 0.15) is 17.3 Å². The van der Waals surface area contributed by atoms with Gasteiger partial charge in [-0.25, -0.2) is 0 Å². The predicted octanol–water partition coefficient (Wildman–Crippen LogP) is 2.78. The van der Waals surface area contributed by atoms with Crippen LogP contribution in [-0.4, -0.2) is 24.8 Å². The highest BCUT2D eigenvalue weighted by atomic mass is 35.5. The molecule has 17 heavy (non-hydrogen) atoms. The Balaban J connectivity index is 2.56. The largest absolute Gasteiger partial charge is 0.490 e. The Morgan fingerprint density at radius 1 is 1.35 bits per heavy atom. The number of thiocarbonyl (C=S) groups is 1. The molecule has 0 aliphatic heterocycles. The predicted molar refractivity (Wildman–Crippen MR) is 73.9 cm³/mol. The topological polar surface area (TPSA) is 44.5 Å². The number of halogens is 1. The van der Waals surface area contributed by atoms with E-state index in [1.54, 1.807) is 18.2 Å². The first-order valence-corrected chi connectivity index (χ1v) is 6.23. The summed E-state index contributed by atoms with van der Waals surface area (Å²) in [7, 11) is 0. The van der Waals surface area contributed by atoms with Crippen LogP contribution >= 0.6 is 23.8 Å². The van der Waals surface area contributed by atoms with Gasteiger partial charge in [-0.05, 0) is 24.6 Å². The monoisotopic (exact) mass is 273 g/mol. The highest BCUT2D eigenvalue weighted by Gasteiger charge is 2.07. The van der Waals surface area contributed by atoms with E-state index in [1.165, 1.54) is 0 Å². The molecule has 1 aromatic rings. The lowest BCUT2D eigenvalue weighted by molar-refractivity contribution is 0.101. The van der Waals surface area contributed by atoms with Crippen molar-refractivity contribution in [2.45, 2.75) is 13.3 Å². The Kier molecular flexibility index (Phi) is 6.26. The van der Waals surface area contributed by atoms with Gasteiger partial charge in [-0.15, -0.1) is 0 Å². The molecule has 0 heterocycles. The van der Waals surface area contributed by atoms with Crippen LogP contribution in [0, 0.1) is 0 Å². The van der Waals surface area contributed by atoms with Crippen molar-refractivity contribution >= 4 is 28.8 Å². The second-order valence-electron chi connectivity index (χ2n) is 3.47. The van der Waals surface area contributed by atoms with E-state index in [-0.39, 0.29) is 0 Å². The lowest BCUT2D eigenvalue weighted by atomic mass is 10.2. The Hall–Kier alpha value is -0.840. The van der Waals surface area contributed by atoms with Gasteiger partial charge in [0.2, 0.25) is 0 Å². The maximum absolute atomic E-state index is 5.89. The van der Waals surface area contributed by atoms with E-state index < -0.39 is 0 Å². The number of rotatable bonds is 7. The summed E-state index contributed by atoms with van der Waals surface area (Å²) >= 11 is 10.8. The lowest BCUT2D eigenvalue weighted by Crippen LogP contribution is -2.14. The summed E-state index contributed by atoms with van der Waals surface area (Å²) in [5.74, 6) is 0.602. The number of benzene rings is 1. The van der Waals surface area contributed by atoms with Crippen molar-refractivity contribution in [2.24, 2.45) is 5.73 Å². The molecule has 2 N–H and O–H groups in total. The van der Waals surface area contributed by atoms with Crippen LogP contribution in [0.25, 0.3) is 0 Å². The third-order valence-electron chi connectivity index (χ3n) is 2.04. The Labute approximate surface area is 112 Å². The quantitative estimate of drug-likeness (QED) is 0.613. The fraction of sp³-hybridized carbons (Fsp3) is 0.417. The Bertz CT molecular complexity index is 385. The number of nitrogens with two attached hydrogens (primary N) is 1. The zero-order valence-corrected chi connectivity index (χ0v) is 11.3. The zero-order chi connectivity index (χ0) is 12.7. The molecule has 0 saturated carbocycles. The molecule has 3 nitrogen and oxygen atoms in total. The Morgan fingerprint density at radius 3 is 2.76 bits per heavy atom. The number of ether oxygens (including phenoxy) is 2. The van der Waals surface area contributed by atoms with Crippen LogP contribution < -0.4 is 10.5 Å². The highest BCUT2D eigenvalue weighted by molar-refractivity contribution is 7.80. The van der Waals surface area contributed by atoms with Crippen molar-refractivity contribution in [1.29, 1.82) is 0 Å². The van der Waals surface area contributed by atoms with Crippen molar-refractivity contribution in [3.8, 4) is 5.75 Å². The van der Waals surface area contributed by atoms with Gasteiger partial charge in [0.05, 0.1) is 12.2 Å². The first-order valence-electron chi connectivity index (χ1n) is 5.45. The maximum Gasteiger partial charge on any atom is 0.131 e. The van der Waals surface area contributed by atoms with Gasteiger partial charge in [0, 0.05) is 11.6 Å². The first-order chi connectivity index (χ1) is 8.15. The van der Waals surface area contributed by atoms with E-state index in [0.29, 0.717) is 34.5 Å². The van der Waals surface area contributed by atoms with Crippen molar-refractivity contribution < 1.29 is 9.47 Å². The van der Waals surface area contributed by atoms with Crippen LogP contribution in [0.5, 0.6) is 5.75 Å². The SMILES string of the molecule is CCCOCCOc1cc(Cl)ccc1C(N)=S. The minimum atomic E-state index is 0.297. The zero-order valence-electron chi connectivity index (χ0n) is 9.74. The molecule has 0 saturated heterocycles. The molecule has 5 heteroatoms. The van der Waals surface area contributed by atoms with Crippen LogP contribution in [0.1, 0.15) is 18.9 Å². The molecule has 0 amide bonds. The Morgan fingerprint density at radius 2 is 2.12 bits per heavy atom. The minimum Gasteiger partial charge on any atom is -0.490 e. The number of hydrogen-bond acceptors (Lipinski definition) is 3. The fourth-order valence-corrected chi connectivity index (χ4v) is 1.61. The van der Waals surface area contributed by atoms with Crippen molar-refractivity contribution in [1.82, 2.24) is 0 Å². The van der Waals surface area contributed by atoms with Crippen molar-refractivity contribution in [3.63, 3.8) is 0 Å². The molecule has 0 aliphatic rings. The summed E-state index contributed by atoms with van der Waals surface area (Å²) in [5.41, 5.74) is 6.29. The van der Waals surface area contributed by atoms with E-state index >= 15 is 0 Å². The molecule has 0 fully saturated rings. The third kappa shape index (κ3) is 4.89. The van der Waals surface area contributed by atoms with Gasteiger partial charge in [0.15, 0.2) is 0 Å². The molecule has 0 atom stereocenters. The average molecular weight is 274 g/mol. The average Bonchev–Trinajstić information content (AvgIpc) is 2.28. The molecule has 0 unspecified atom stereocenters. The summed E-state index contributed by atoms with van der Waals surface area (Å²) in [6, 6.07) is 5.19. The van der Waals surface area contributed by atoms with Gasteiger partial charge >= 0.3 is 0 Å². The molecular weight excluding hydrogens is 258 g/mol. The van der Waals surface area contributed by atoms with E-state index in [4.69, 9.17) is 39.0 Å². The lowest BCUT2D eigenvalue weighted by Gasteiger charge is -2.11. The molecule has 0 aromatic heterocycles. The standard InChI is InChI=1S/C12H16ClNO2S/c1-2-5-15-6-7-16-11-8-9(13)3-4-10(11)12(14)17/h3-4,8H,2,5-7H2,1H3,(H2,14,17). The molecule has 0 spiro atoms. The molecule has 0 radical (unpaired) electrons. The van der Waals surface area contributed by atoms with E-state index in [9.17, 15) is 0 Å². The first kappa shape index (κ1) is 14.2. The van der Waals surface area contributed by atoms with Crippen LogP contribution in [0.15, 0.2) is 18.2 Å². The summed E-state index contributed by atoms with van der Waals surface area (Å²) < 4.78 is 10.9. The van der Waals surface area contributed by atoms with E-state index in [1.807, 2.05) is 0 Å². The van der Waals surface area contributed by atoms with Gasteiger partial charge in [-0.1, -0.05) is 30.7 Å². The summed E-state index contributed by atoms with van der Waals surface area (Å²) in [6.07, 6.45) is 0.995. The molecule has 1 aromatic carbocycles. The van der Waals surface area contributed by atoms with E-state index in [0.717, 1.165) is 13.0 Å². The van der Waals surface area contributed by atoms with Gasteiger partial charge in [-0.2, -0.15) is 0 Å². The van der Waals surface area contributed by atoms with Gasteiger partial charge in [0.25, 0.3) is 0 Å². The van der Waals surface area contributed by atoms with Crippen LogP contribution in [0.4, 0.5) is 0 Å².